The number of rotatable bonds is 5. The first-order valence-corrected chi connectivity index (χ1v) is 7.69. The standard InChI is InChI=1S/C13H14O5.C5H7N3/c1-3-18-13(16)12(15)8-11(14)9-4-6-10(17-2)7-5-9;1-4-2-3-5(6)8-7-4/h4-8,15H,3H2,1-2H3;2-3H,1H3,(H2,6,8). The van der Waals surface area contributed by atoms with Crippen LogP contribution in [0.3, 0.4) is 0 Å². The van der Waals surface area contributed by atoms with Crippen LogP contribution in [0.25, 0.3) is 0 Å². The molecule has 0 fully saturated rings. The molecule has 8 nitrogen and oxygen atoms in total. The first-order chi connectivity index (χ1) is 12.4. The highest BCUT2D eigenvalue weighted by atomic mass is 16.5. The van der Waals surface area contributed by atoms with E-state index in [4.69, 9.17) is 10.5 Å². The number of esters is 1. The number of nitrogens with two attached hydrogens (primary N) is 1. The summed E-state index contributed by atoms with van der Waals surface area (Å²) in [4.78, 5) is 22.8. The van der Waals surface area contributed by atoms with E-state index in [9.17, 15) is 14.7 Å². The maximum Gasteiger partial charge on any atom is 0.373 e. The van der Waals surface area contributed by atoms with E-state index in [1.165, 1.54) is 19.2 Å². The summed E-state index contributed by atoms with van der Waals surface area (Å²) in [6, 6.07) is 9.85. The summed E-state index contributed by atoms with van der Waals surface area (Å²) in [7, 11) is 1.52. The van der Waals surface area contributed by atoms with Crippen LogP contribution < -0.4 is 10.5 Å². The van der Waals surface area contributed by atoms with Crippen molar-refractivity contribution in [1.29, 1.82) is 0 Å². The SMILES string of the molecule is CCOC(=O)C(O)=CC(=O)c1ccc(OC)cc1.Cc1ccc(N)nn1. The molecule has 0 atom stereocenters. The van der Waals surface area contributed by atoms with Gasteiger partial charge in [-0.2, -0.15) is 5.10 Å². The monoisotopic (exact) mass is 359 g/mol. The van der Waals surface area contributed by atoms with Gasteiger partial charge in [-0.1, -0.05) is 0 Å². The lowest BCUT2D eigenvalue weighted by Gasteiger charge is -2.01. The Bertz CT molecular complexity index is 734. The number of methoxy groups -OCH3 is 1. The molecule has 0 spiro atoms. The number of aliphatic hydroxyl groups excluding tert-OH is 1. The maximum absolute atomic E-state index is 11.7. The van der Waals surface area contributed by atoms with Crippen LogP contribution >= 0.6 is 0 Å². The molecule has 0 saturated heterocycles. The number of carbonyl (C=O) groups is 2. The largest absolute Gasteiger partial charge is 0.502 e. The Balaban J connectivity index is 0.000000350. The van der Waals surface area contributed by atoms with Gasteiger partial charge in [0.1, 0.15) is 11.6 Å². The second-order valence-corrected chi connectivity index (χ2v) is 4.94. The van der Waals surface area contributed by atoms with Crippen molar-refractivity contribution in [1.82, 2.24) is 10.2 Å². The number of aryl methyl sites for hydroxylation is 1. The summed E-state index contributed by atoms with van der Waals surface area (Å²) in [5, 5.41) is 16.6. The smallest absolute Gasteiger partial charge is 0.373 e. The number of hydrogen-bond donors (Lipinski definition) is 2. The quantitative estimate of drug-likeness (QED) is 0.360. The highest BCUT2D eigenvalue weighted by molar-refractivity contribution is 6.07. The van der Waals surface area contributed by atoms with Gasteiger partial charge in [-0.05, 0) is 50.2 Å². The first-order valence-electron chi connectivity index (χ1n) is 7.69. The van der Waals surface area contributed by atoms with Crippen molar-refractivity contribution in [2.45, 2.75) is 13.8 Å². The number of aromatic nitrogens is 2. The van der Waals surface area contributed by atoms with E-state index in [1.54, 1.807) is 25.1 Å². The van der Waals surface area contributed by atoms with Crippen molar-refractivity contribution in [3.63, 3.8) is 0 Å². The number of ether oxygens (including phenoxy) is 2. The van der Waals surface area contributed by atoms with Gasteiger partial charge in [0.25, 0.3) is 0 Å². The van der Waals surface area contributed by atoms with Crippen molar-refractivity contribution in [3.05, 3.63) is 59.5 Å². The lowest BCUT2D eigenvalue weighted by atomic mass is 10.1. The highest BCUT2D eigenvalue weighted by Crippen LogP contribution is 2.12. The molecule has 8 heteroatoms. The molecule has 1 aromatic heterocycles. The number of hydrogen-bond acceptors (Lipinski definition) is 8. The van der Waals surface area contributed by atoms with E-state index >= 15 is 0 Å². The van der Waals surface area contributed by atoms with Gasteiger partial charge in [0.2, 0.25) is 5.76 Å². The van der Waals surface area contributed by atoms with Gasteiger partial charge in [-0.25, -0.2) is 4.79 Å². The molecule has 0 saturated carbocycles. The zero-order chi connectivity index (χ0) is 19.5. The van der Waals surface area contributed by atoms with Crippen molar-refractivity contribution >= 4 is 17.6 Å². The molecule has 0 aliphatic carbocycles. The molecule has 2 aromatic rings. The number of benzene rings is 1. The van der Waals surface area contributed by atoms with Crippen molar-refractivity contribution < 1.29 is 24.2 Å². The van der Waals surface area contributed by atoms with Crippen molar-refractivity contribution in [3.8, 4) is 5.75 Å². The summed E-state index contributed by atoms with van der Waals surface area (Å²) in [6.07, 6.45) is 0.833. The van der Waals surface area contributed by atoms with E-state index < -0.39 is 17.5 Å². The number of anilines is 1. The Morgan fingerprint density at radius 3 is 2.27 bits per heavy atom. The summed E-state index contributed by atoms with van der Waals surface area (Å²) in [5.74, 6) is -1.03. The normalized spacial score (nSPS) is 10.3. The van der Waals surface area contributed by atoms with Gasteiger partial charge in [0.05, 0.1) is 19.4 Å². The second-order valence-electron chi connectivity index (χ2n) is 4.94. The van der Waals surface area contributed by atoms with E-state index in [-0.39, 0.29) is 6.61 Å². The Labute approximate surface area is 151 Å². The zero-order valence-electron chi connectivity index (χ0n) is 14.8. The van der Waals surface area contributed by atoms with Crippen LogP contribution in [-0.4, -0.2) is 40.8 Å². The van der Waals surface area contributed by atoms with Crippen LogP contribution in [-0.2, 0) is 9.53 Å². The predicted octanol–water partition coefficient (Wildman–Crippen LogP) is 2.25. The molecular formula is C18H21N3O5. The Morgan fingerprint density at radius 1 is 1.15 bits per heavy atom. The minimum absolute atomic E-state index is 0.132. The lowest BCUT2D eigenvalue weighted by molar-refractivity contribution is -0.141. The molecular weight excluding hydrogens is 338 g/mol. The molecule has 26 heavy (non-hydrogen) atoms. The van der Waals surface area contributed by atoms with Gasteiger partial charge in [-0.15, -0.1) is 5.10 Å². The van der Waals surface area contributed by atoms with Gasteiger partial charge in [0, 0.05) is 11.6 Å². The summed E-state index contributed by atoms with van der Waals surface area (Å²) < 4.78 is 9.50. The van der Waals surface area contributed by atoms with E-state index in [1.807, 2.05) is 13.0 Å². The average molecular weight is 359 g/mol. The molecule has 138 valence electrons. The van der Waals surface area contributed by atoms with Gasteiger partial charge in [-0.3, -0.25) is 4.79 Å². The Kier molecular flexibility index (Phi) is 8.29. The molecule has 0 aliphatic rings. The van der Waals surface area contributed by atoms with Gasteiger partial charge in [0.15, 0.2) is 5.78 Å². The van der Waals surface area contributed by atoms with Gasteiger partial charge < -0.3 is 20.3 Å². The fraction of sp³-hybridized carbons (Fsp3) is 0.222. The Hall–Kier alpha value is -3.42. The maximum atomic E-state index is 11.7. The number of ketones is 1. The average Bonchev–Trinajstić information content (AvgIpc) is 2.65. The van der Waals surface area contributed by atoms with E-state index in [2.05, 4.69) is 14.9 Å². The van der Waals surface area contributed by atoms with Crippen LogP contribution in [0.5, 0.6) is 5.75 Å². The number of allylic oxidation sites excluding steroid dienone is 1. The minimum atomic E-state index is -0.917. The van der Waals surface area contributed by atoms with Crippen LogP contribution in [0.2, 0.25) is 0 Å². The third-order valence-electron chi connectivity index (χ3n) is 2.95. The van der Waals surface area contributed by atoms with Gasteiger partial charge >= 0.3 is 5.97 Å². The molecule has 0 aliphatic heterocycles. The number of nitrogens with zero attached hydrogens (tertiary/aromatic N) is 2. The topological polar surface area (TPSA) is 125 Å². The van der Waals surface area contributed by atoms with Crippen LogP contribution in [0.1, 0.15) is 23.0 Å². The summed E-state index contributed by atoms with van der Waals surface area (Å²) in [5.41, 5.74) is 6.48. The van der Waals surface area contributed by atoms with Crippen LogP contribution in [0.15, 0.2) is 48.2 Å². The van der Waals surface area contributed by atoms with Crippen LogP contribution in [0, 0.1) is 6.92 Å². The first kappa shape index (κ1) is 20.6. The number of carbonyl (C=O) groups excluding carboxylic acids is 2. The third-order valence-corrected chi connectivity index (χ3v) is 2.95. The third kappa shape index (κ3) is 7.00. The number of aliphatic hydroxyl groups is 1. The van der Waals surface area contributed by atoms with Crippen LogP contribution in [0.4, 0.5) is 5.82 Å². The lowest BCUT2D eigenvalue weighted by Crippen LogP contribution is -2.09. The molecule has 1 heterocycles. The zero-order valence-corrected chi connectivity index (χ0v) is 14.8. The number of nitrogen functional groups attached to an aromatic ring is 1. The molecule has 0 unspecified atom stereocenters. The fourth-order valence-corrected chi connectivity index (χ4v) is 1.64. The molecule has 0 amide bonds. The van der Waals surface area contributed by atoms with E-state index in [0.29, 0.717) is 17.1 Å². The summed E-state index contributed by atoms with van der Waals surface area (Å²) in [6.45, 7) is 3.61. The Morgan fingerprint density at radius 2 is 1.81 bits per heavy atom. The molecule has 0 radical (unpaired) electrons. The molecule has 0 bridgehead atoms. The van der Waals surface area contributed by atoms with Crippen molar-refractivity contribution in [2.75, 3.05) is 19.5 Å². The highest BCUT2D eigenvalue weighted by Gasteiger charge is 2.11. The molecule has 2 rings (SSSR count). The summed E-state index contributed by atoms with van der Waals surface area (Å²) >= 11 is 0. The second kappa shape index (κ2) is 10.4. The fourth-order valence-electron chi connectivity index (χ4n) is 1.64. The van der Waals surface area contributed by atoms with E-state index in [0.717, 1.165) is 11.8 Å². The van der Waals surface area contributed by atoms with Crippen molar-refractivity contribution in [2.24, 2.45) is 0 Å². The molecule has 1 aromatic carbocycles. The molecule has 3 N–H and O–H groups in total. The predicted molar refractivity (Wildman–Crippen MR) is 95.9 cm³/mol. The minimum Gasteiger partial charge on any atom is -0.502 e.